The number of halogens is 2. The fourth-order valence-electron chi connectivity index (χ4n) is 1.58. The summed E-state index contributed by atoms with van der Waals surface area (Å²) in [7, 11) is 0. The quantitative estimate of drug-likeness (QED) is 0.393. The molecular weight excluding hydrogens is 315 g/mol. The fraction of sp³-hybridized carbons (Fsp3) is 0.143. The van der Waals surface area contributed by atoms with Crippen molar-refractivity contribution in [1.29, 1.82) is 0 Å². The molecule has 0 unspecified atom stereocenters. The van der Waals surface area contributed by atoms with E-state index in [9.17, 15) is 9.59 Å². The molecule has 2 heterocycles. The lowest BCUT2D eigenvalue weighted by atomic mass is 10.3. The van der Waals surface area contributed by atoms with E-state index in [4.69, 9.17) is 4.74 Å². The minimum atomic E-state index is 0. The van der Waals surface area contributed by atoms with Crippen molar-refractivity contribution in [2.24, 2.45) is 0 Å². The number of hydrogen-bond donors (Lipinski definition) is 0. The number of carbonyl (C=O) groups is 2. The third kappa shape index (κ3) is 5.99. The summed E-state index contributed by atoms with van der Waals surface area (Å²) in [6, 6.07) is 6.96. The van der Waals surface area contributed by atoms with Gasteiger partial charge in [0, 0.05) is 23.8 Å². The molecular formula is C14H14Cl2N2O3. The highest BCUT2D eigenvalue weighted by Crippen LogP contribution is 1.90. The summed E-state index contributed by atoms with van der Waals surface area (Å²) < 4.78 is 9.10. The first kappa shape index (κ1) is 19.2. The van der Waals surface area contributed by atoms with E-state index in [0.29, 0.717) is 24.6 Å². The molecule has 0 atom stereocenters. The number of aldehydes is 2. The lowest BCUT2D eigenvalue weighted by Gasteiger charge is -1.98. The van der Waals surface area contributed by atoms with E-state index in [1.54, 1.807) is 47.4 Å². The summed E-state index contributed by atoms with van der Waals surface area (Å²) in [6.45, 7) is 0.724. The smallest absolute Gasteiger partial charge is 0.257 e. The van der Waals surface area contributed by atoms with Crippen molar-refractivity contribution in [2.45, 2.75) is 13.5 Å². The summed E-state index contributed by atoms with van der Waals surface area (Å²) in [5.74, 6) is 0. The van der Waals surface area contributed by atoms with Crippen LogP contribution in [0.1, 0.15) is 20.7 Å². The number of ether oxygens (including phenoxy) is 1. The van der Waals surface area contributed by atoms with E-state index in [2.05, 4.69) is 0 Å². The summed E-state index contributed by atoms with van der Waals surface area (Å²) in [6.07, 6.45) is 8.68. The van der Waals surface area contributed by atoms with Gasteiger partial charge in [-0.05, 0) is 6.07 Å². The van der Waals surface area contributed by atoms with E-state index < -0.39 is 0 Å². The molecule has 7 heteroatoms. The van der Waals surface area contributed by atoms with Gasteiger partial charge in [0.15, 0.2) is 37.4 Å². The molecule has 5 nitrogen and oxygen atoms in total. The monoisotopic (exact) mass is 328 g/mol. The molecule has 0 spiro atoms. The maximum Gasteiger partial charge on any atom is 0.257 e. The summed E-state index contributed by atoms with van der Waals surface area (Å²) >= 11 is 0. The standard InChI is InChI=1S/C14H14N2O3.2ClH/c17-9-13-3-6-15(7-4-13)11-19-12-16-5-1-2-14(8-16)10-18;;/h1-10H,11-12H2;2*1H/q+2;;/p-2. The first-order valence-electron chi connectivity index (χ1n) is 5.78. The van der Waals surface area contributed by atoms with Crippen LogP contribution in [0.4, 0.5) is 0 Å². The Bertz CT molecular complexity index is 577. The van der Waals surface area contributed by atoms with Crippen LogP contribution in [-0.2, 0) is 18.2 Å². The van der Waals surface area contributed by atoms with Crippen molar-refractivity contribution in [3.8, 4) is 0 Å². The second-order valence-electron chi connectivity index (χ2n) is 4.00. The second-order valence-corrected chi connectivity index (χ2v) is 4.00. The zero-order chi connectivity index (χ0) is 13.5. The average Bonchev–Trinajstić information content (AvgIpc) is 2.48. The van der Waals surface area contributed by atoms with Crippen LogP contribution in [0.5, 0.6) is 0 Å². The Labute approximate surface area is 135 Å². The van der Waals surface area contributed by atoms with Gasteiger partial charge in [0.1, 0.15) is 0 Å². The minimum Gasteiger partial charge on any atom is -1.00 e. The molecule has 0 N–H and O–H groups in total. The molecule has 0 saturated carbocycles. The van der Waals surface area contributed by atoms with Crippen molar-refractivity contribution in [1.82, 2.24) is 0 Å². The predicted molar refractivity (Wildman–Crippen MR) is 65.1 cm³/mol. The highest BCUT2D eigenvalue weighted by Gasteiger charge is 2.05. The van der Waals surface area contributed by atoms with Gasteiger partial charge in [0.25, 0.3) is 13.5 Å². The zero-order valence-electron chi connectivity index (χ0n) is 11.1. The van der Waals surface area contributed by atoms with Gasteiger partial charge in [-0.2, -0.15) is 9.13 Å². The number of rotatable bonds is 6. The summed E-state index contributed by atoms with van der Waals surface area (Å²) in [5.41, 5.74) is 1.23. The van der Waals surface area contributed by atoms with Gasteiger partial charge in [-0.3, -0.25) is 14.3 Å². The molecule has 2 aromatic rings. The number of pyridine rings is 2. The maximum absolute atomic E-state index is 10.6. The SMILES string of the molecule is O=Cc1cc[n+](COC[n+]2cccc(C=O)c2)cc1.[Cl-].[Cl-]. The van der Waals surface area contributed by atoms with Crippen LogP contribution in [0.3, 0.4) is 0 Å². The van der Waals surface area contributed by atoms with Crippen molar-refractivity contribution in [2.75, 3.05) is 0 Å². The van der Waals surface area contributed by atoms with Crippen LogP contribution in [0.25, 0.3) is 0 Å². The van der Waals surface area contributed by atoms with Gasteiger partial charge in [0.2, 0.25) is 0 Å². The Hall–Kier alpha value is -1.82. The third-order valence-corrected chi connectivity index (χ3v) is 2.55. The predicted octanol–water partition coefficient (Wildman–Crippen LogP) is -5.47. The Balaban J connectivity index is 0.00000200. The van der Waals surface area contributed by atoms with Gasteiger partial charge >= 0.3 is 0 Å². The largest absolute Gasteiger partial charge is 1.00 e. The van der Waals surface area contributed by atoms with Crippen LogP contribution in [0.2, 0.25) is 0 Å². The van der Waals surface area contributed by atoms with E-state index in [-0.39, 0.29) is 24.8 Å². The molecule has 0 amide bonds. The highest BCUT2D eigenvalue weighted by atomic mass is 35.5. The van der Waals surface area contributed by atoms with Gasteiger partial charge in [0.05, 0.1) is 5.56 Å². The molecule has 0 aliphatic rings. The molecule has 2 rings (SSSR count). The van der Waals surface area contributed by atoms with Crippen molar-refractivity contribution in [3.05, 3.63) is 60.2 Å². The summed E-state index contributed by atoms with van der Waals surface area (Å²) in [5, 5.41) is 0. The molecule has 0 radical (unpaired) electrons. The number of nitrogens with zero attached hydrogens (tertiary/aromatic N) is 2. The van der Waals surface area contributed by atoms with Gasteiger partial charge in [-0.25, -0.2) is 0 Å². The second kappa shape index (κ2) is 9.99. The molecule has 21 heavy (non-hydrogen) atoms. The molecule has 0 aliphatic heterocycles. The van der Waals surface area contributed by atoms with Crippen LogP contribution in [0, 0.1) is 0 Å². The molecule has 0 fully saturated rings. The van der Waals surface area contributed by atoms with Crippen LogP contribution >= 0.6 is 0 Å². The van der Waals surface area contributed by atoms with Gasteiger partial charge in [-0.15, -0.1) is 0 Å². The van der Waals surface area contributed by atoms with Crippen molar-refractivity contribution >= 4 is 12.6 Å². The zero-order valence-corrected chi connectivity index (χ0v) is 12.6. The first-order chi connectivity index (χ1) is 9.31. The average molecular weight is 329 g/mol. The number of aromatic nitrogens is 2. The van der Waals surface area contributed by atoms with E-state index in [0.717, 1.165) is 12.6 Å². The Kier molecular flexibility index (Phi) is 9.12. The Morgan fingerprint density at radius 2 is 1.48 bits per heavy atom. The van der Waals surface area contributed by atoms with Crippen LogP contribution in [-0.4, -0.2) is 12.6 Å². The third-order valence-electron chi connectivity index (χ3n) is 2.55. The molecule has 0 saturated heterocycles. The maximum atomic E-state index is 10.6. The lowest BCUT2D eigenvalue weighted by molar-refractivity contribution is -0.788. The van der Waals surface area contributed by atoms with Crippen LogP contribution in [0.15, 0.2) is 49.1 Å². The Morgan fingerprint density at radius 1 is 0.857 bits per heavy atom. The van der Waals surface area contributed by atoms with Crippen LogP contribution < -0.4 is 33.9 Å². The number of hydrogen-bond acceptors (Lipinski definition) is 3. The van der Waals surface area contributed by atoms with Gasteiger partial charge in [-0.1, -0.05) is 0 Å². The topological polar surface area (TPSA) is 51.1 Å². The first-order valence-corrected chi connectivity index (χ1v) is 5.78. The van der Waals surface area contributed by atoms with Crippen molar-refractivity contribution in [3.63, 3.8) is 0 Å². The summed E-state index contributed by atoms with van der Waals surface area (Å²) in [4.78, 5) is 21.1. The molecule has 0 aromatic carbocycles. The molecule has 112 valence electrons. The van der Waals surface area contributed by atoms with E-state index in [1.165, 1.54) is 0 Å². The van der Waals surface area contributed by atoms with E-state index >= 15 is 0 Å². The lowest BCUT2D eigenvalue weighted by Crippen LogP contribution is -3.00. The molecule has 0 aliphatic carbocycles. The van der Waals surface area contributed by atoms with Crippen molar-refractivity contribution < 1.29 is 48.3 Å². The normalized spacial score (nSPS) is 9.14. The number of carbonyl (C=O) groups excluding carboxylic acids is 2. The molecule has 2 aromatic heterocycles. The highest BCUT2D eigenvalue weighted by molar-refractivity contribution is 5.74. The minimum absolute atomic E-state index is 0. The Morgan fingerprint density at radius 3 is 2.10 bits per heavy atom. The molecule has 0 bridgehead atoms. The van der Waals surface area contributed by atoms with Gasteiger partial charge < -0.3 is 24.8 Å². The fourth-order valence-corrected chi connectivity index (χ4v) is 1.58. The van der Waals surface area contributed by atoms with E-state index in [1.807, 2.05) is 10.8 Å².